The summed E-state index contributed by atoms with van der Waals surface area (Å²) in [6.45, 7) is 12.2. The molecule has 3 rings (SSSR count). The molecular weight excluding hydrogens is 582 g/mol. The lowest BCUT2D eigenvalue weighted by atomic mass is 9.73. The molecule has 2 aliphatic heterocycles. The Bertz CT molecular complexity index is 1130. The molecule has 2 bridgehead atoms. The predicted molar refractivity (Wildman–Crippen MR) is 170 cm³/mol. The van der Waals surface area contributed by atoms with Gasteiger partial charge in [0.2, 0.25) is 11.8 Å². The maximum Gasteiger partial charge on any atom is 0.407 e. The van der Waals surface area contributed by atoms with E-state index in [1.165, 1.54) is 11.3 Å². The van der Waals surface area contributed by atoms with Crippen molar-refractivity contribution < 1.29 is 28.7 Å². The Hall–Kier alpha value is -2.73. The lowest BCUT2D eigenvalue weighted by Gasteiger charge is -2.52. The van der Waals surface area contributed by atoms with Crippen molar-refractivity contribution in [3.63, 3.8) is 0 Å². The molecule has 0 aromatic carbocycles. The largest absolute Gasteiger partial charge is 0.461 e. The predicted octanol–water partition coefficient (Wildman–Crippen LogP) is 4.92. The van der Waals surface area contributed by atoms with Crippen LogP contribution in [0.25, 0.3) is 0 Å². The van der Waals surface area contributed by atoms with Gasteiger partial charge in [-0.15, -0.1) is 11.3 Å². The number of rotatable bonds is 14. The van der Waals surface area contributed by atoms with Gasteiger partial charge in [0.25, 0.3) is 0 Å². The van der Waals surface area contributed by atoms with Crippen molar-refractivity contribution in [2.45, 2.75) is 123 Å². The number of fused-ring (bicyclic) bond motifs is 2. The summed E-state index contributed by atoms with van der Waals surface area (Å²) in [5.41, 5.74) is -0.422. The third kappa shape index (κ3) is 8.10. The zero-order valence-electron chi connectivity index (χ0n) is 27.8. The molecule has 11 nitrogen and oxygen atoms in total. The summed E-state index contributed by atoms with van der Waals surface area (Å²) in [7, 11) is 3.82. The molecule has 12 heteroatoms. The molecule has 0 radical (unpaired) electrons. The Morgan fingerprint density at radius 2 is 1.80 bits per heavy atom. The van der Waals surface area contributed by atoms with Crippen LogP contribution in [0.3, 0.4) is 0 Å². The third-order valence-corrected chi connectivity index (χ3v) is 10.5. The first-order chi connectivity index (χ1) is 20.9. The van der Waals surface area contributed by atoms with Crippen molar-refractivity contribution >= 4 is 35.2 Å². The minimum atomic E-state index is -0.803. The van der Waals surface area contributed by atoms with Gasteiger partial charge in [0.15, 0.2) is 11.8 Å². The molecule has 2 saturated heterocycles. The van der Waals surface area contributed by atoms with Crippen LogP contribution in [-0.2, 0) is 19.1 Å². The second-order valence-corrected chi connectivity index (χ2v) is 13.5. The Labute approximate surface area is 266 Å². The third-order valence-electron chi connectivity index (χ3n) is 9.59. The van der Waals surface area contributed by atoms with Crippen molar-refractivity contribution in [3.8, 4) is 0 Å². The van der Waals surface area contributed by atoms with E-state index in [4.69, 9.17) is 9.47 Å². The van der Waals surface area contributed by atoms with Gasteiger partial charge in [0, 0.05) is 37.5 Å². The standard InChI is InChI=1S/C32H53N5O6S/c1-9-21(6)26(35-30(40)32-16-12-14-22(37(32)8)15-13-17-32)28(38)36(7)24(20(4)5)18-25(43-31(41)33-10-2)27-34-23(19-44-27)29(39)42-11-3/h19-22,24-26H,9-18H2,1-8H3,(H,33,41)(H,35,40)/t21-,22?,24+,25+,26-,32?/m0/s1. The van der Waals surface area contributed by atoms with E-state index in [1.807, 2.05) is 27.7 Å². The minimum absolute atomic E-state index is 0.00997. The molecule has 3 amide bonds. The molecular formula is C32H53N5O6S. The van der Waals surface area contributed by atoms with Crippen LogP contribution < -0.4 is 10.6 Å². The van der Waals surface area contributed by atoms with E-state index in [2.05, 4.69) is 27.6 Å². The van der Waals surface area contributed by atoms with Gasteiger partial charge < -0.3 is 25.0 Å². The molecule has 0 unspecified atom stereocenters. The summed E-state index contributed by atoms with van der Waals surface area (Å²) in [5, 5.41) is 7.92. The number of carbonyl (C=O) groups is 4. The summed E-state index contributed by atoms with van der Waals surface area (Å²) >= 11 is 1.21. The lowest BCUT2D eigenvalue weighted by molar-refractivity contribution is -0.148. The van der Waals surface area contributed by atoms with Crippen LogP contribution in [-0.4, -0.2) is 89.6 Å². The fraction of sp³-hybridized carbons (Fsp3) is 0.781. The minimum Gasteiger partial charge on any atom is -0.461 e. The number of likely N-dealkylation sites (N-methyl/N-ethyl adjacent to an activating group) is 2. The van der Waals surface area contributed by atoms with Crippen LogP contribution in [0.2, 0.25) is 0 Å². The SMILES string of the molecule is CCNC(=O)O[C@H](C[C@H](C(C)C)N(C)C(=O)[C@@H](NC(=O)C12CCCC(CCC1)N2C)[C@@H](C)CC)c1nc(C(=O)OCC)cs1. The number of hydrogen-bond acceptors (Lipinski definition) is 9. The molecule has 2 N–H and O–H groups in total. The number of amides is 3. The molecule has 1 aromatic heterocycles. The highest BCUT2D eigenvalue weighted by Crippen LogP contribution is 2.41. The number of thiazole rings is 1. The normalized spacial score (nSPS) is 22.8. The van der Waals surface area contributed by atoms with Crippen LogP contribution in [0.5, 0.6) is 0 Å². The van der Waals surface area contributed by atoms with Gasteiger partial charge in [-0.2, -0.15) is 0 Å². The highest BCUT2D eigenvalue weighted by Gasteiger charge is 2.50. The highest BCUT2D eigenvalue weighted by molar-refractivity contribution is 7.09. The molecule has 1 aromatic rings. The quantitative estimate of drug-likeness (QED) is 0.276. The van der Waals surface area contributed by atoms with Crippen molar-refractivity contribution in [2.75, 3.05) is 27.2 Å². The van der Waals surface area contributed by atoms with E-state index in [0.29, 0.717) is 17.6 Å². The molecule has 3 heterocycles. The monoisotopic (exact) mass is 635 g/mol. The van der Waals surface area contributed by atoms with Crippen LogP contribution in [0.15, 0.2) is 5.38 Å². The van der Waals surface area contributed by atoms with Gasteiger partial charge in [0.05, 0.1) is 6.61 Å². The number of piperidine rings is 2. The Kier molecular flexibility index (Phi) is 13.0. The van der Waals surface area contributed by atoms with Crippen LogP contribution >= 0.6 is 11.3 Å². The van der Waals surface area contributed by atoms with Gasteiger partial charge in [-0.25, -0.2) is 14.6 Å². The lowest BCUT2D eigenvalue weighted by Crippen LogP contribution is -2.67. The summed E-state index contributed by atoms with van der Waals surface area (Å²) in [6.07, 6.45) is 5.44. The fourth-order valence-electron chi connectivity index (χ4n) is 6.69. The second-order valence-electron chi connectivity index (χ2n) is 12.6. The van der Waals surface area contributed by atoms with Crippen molar-refractivity contribution in [2.24, 2.45) is 11.8 Å². The van der Waals surface area contributed by atoms with Crippen LogP contribution in [0, 0.1) is 11.8 Å². The number of ether oxygens (including phenoxy) is 2. The number of alkyl carbamates (subject to hydrolysis) is 1. The van der Waals surface area contributed by atoms with Crippen LogP contribution in [0.4, 0.5) is 4.79 Å². The summed E-state index contributed by atoms with van der Waals surface area (Å²) < 4.78 is 10.9. The first-order valence-electron chi connectivity index (χ1n) is 16.3. The van der Waals surface area contributed by atoms with E-state index in [0.717, 1.165) is 44.9 Å². The van der Waals surface area contributed by atoms with Crippen molar-refractivity contribution in [1.29, 1.82) is 0 Å². The second kappa shape index (κ2) is 16.0. The Morgan fingerprint density at radius 3 is 2.36 bits per heavy atom. The number of esters is 1. The van der Waals surface area contributed by atoms with Gasteiger partial charge in [-0.05, 0) is 71.3 Å². The van der Waals surface area contributed by atoms with E-state index in [-0.39, 0.29) is 48.4 Å². The first kappa shape index (κ1) is 35.7. The molecule has 0 spiro atoms. The van der Waals surface area contributed by atoms with Gasteiger partial charge in [-0.1, -0.05) is 34.1 Å². The number of nitrogens with one attached hydrogen (secondary N) is 2. The summed E-state index contributed by atoms with van der Waals surface area (Å²) in [4.78, 5) is 61.5. The molecule has 2 fully saturated rings. The summed E-state index contributed by atoms with van der Waals surface area (Å²) in [5.74, 6) is -0.857. The fourth-order valence-corrected chi connectivity index (χ4v) is 7.52. The van der Waals surface area contributed by atoms with Gasteiger partial charge in [-0.3, -0.25) is 14.5 Å². The molecule has 44 heavy (non-hydrogen) atoms. The number of aromatic nitrogens is 1. The Balaban J connectivity index is 1.86. The summed E-state index contributed by atoms with van der Waals surface area (Å²) in [6, 6.07) is -0.636. The smallest absolute Gasteiger partial charge is 0.407 e. The highest BCUT2D eigenvalue weighted by atomic mass is 32.1. The zero-order valence-corrected chi connectivity index (χ0v) is 28.6. The zero-order chi connectivity index (χ0) is 32.6. The maximum atomic E-state index is 14.3. The van der Waals surface area contributed by atoms with Crippen molar-refractivity contribution in [3.05, 3.63) is 16.1 Å². The van der Waals surface area contributed by atoms with Crippen LogP contribution in [0.1, 0.15) is 115 Å². The van der Waals surface area contributed by atoms with E-state index in [9.17, 15) is 19.2 Å². The molecule has 4 atom stereocenters. The average molecular weight is 636 g/mol. The molecule has 0 aliphatic carbocycles. The number of hydrogen-bond donors (Lipinski definition) is 2. The average Bonchev–Trinajstić information content (AvgIpc) is 3.47. The van der Waals surface area contributed by atoms with E-state index < -0.39 is 29.7 Å². The number of nitrogens with zero attached hydrogens (tertiary/aromatic N) is 3. The van der Waals surface area contributed by atoms with E-state index in [1.54, 1.807) is 31.2 Å². The van der Waals surface area contributed by atoms with Gasteiger partial charge >= 0.3 is 12.1 Å². The maximum absolute atomic E-state index is 14.3. The molecule has 248 valence electrons. The van der Waals surface area contributed by atoms with Gasteiger partial charge in [0.1, 0.15) is 16.6 Å². The van der Waals surface area contributed by atoms with Crippen molar-refractivity contribution in [1.82, 2.24) is 25.4 Å². The first-order valence-corrected chi connectivity index (χ1v) is 17.2. The Morgan fingerprint density at radius 1 is 1.14 bits per heavy atom. The number of carbonyl (C=O) groups excluding carboxylic acids is 4. The molecule has 2 aliphatic rings. The topological polar surface area (TPSA) is 130 Å². The van der Waals surface area contributed by atoms with E-state index >= 15 is 0 Å². The molecule has 0 saturated carbocycles.